The average molecular weight is 355 g/mol. The minimum Gasteiger partial charge on any atom is -0.469 e. The molecule has 1 aliphatic heterocycles. The summed E-state index contributed by atoms with van der Waals surface area (Å²) in [6.45, 7) is 0.908. The highest BCUT2D eigenvalue weighted by Gasteiger charge is 2.30. The molecule has 130 valence electrons. The van der Waals surface area contributed by atoms with E-state index in [0.717, 1.165) is 17.7 Å². The molecule has 2 aromatic rings. The number of anilines is 1. The van der Waals surface area contributed by atoms with Crippen LogP contribution < -0.4 is 10.6 Å². The van der Waals surface area contributed by atoms with Gasteiger partial charge in [0.25, 0.3) is 5.17 Å². The van der Waals surface area contributed by atoms with Crippen molar-refractivity contribution in [2.75, 3.05) is 19.0 Å². The normalized spacial score (nSPS) is 15.9. The van der Waals surface area contributed by atoms with E-state index in [9.17, 15) is 4.79 Å². The molecule has 1 atom stereocenters. The molecule has 0 saturated heterocycles. The number of hydrogen-bond acceptors (Lipinski definition) is 3. The van der Waals surface area contributed by atoms with Crippen molar-refractivity contribution < 1.29 is 9.53 Å². The molecule has 0 radical (unpaired) electrons. The van der Waals surface area contributed by atoms with Crippen LogP contribution in [-0.2, 0) is 17.7 Å². The van der Waals surface area contributed by atoms with Gasteiger partial charge in [-0.1, -0.05) is 42.5 Å². The number of hydrogen-bond donors (Lipinski definition) is 2. The van der Waals surface area contributed by atoms with Gasteiger partial charge in [-0.05, 0) is 41.9 Å². The molecule has 2 aromatic carbocycles. The summed E-state index contributed by atoms with van der Waals surface area (Å²) in [6, 6.07) is 17.4. The first-order chi connectivity index (χ1) is 12.2. The topological polar surface area (TPSA) is 53.6 Å². The molecular formula is C19H21N3O2S. The van der Waals surface area contributed by atoms with Gasteiger partial charge in [0.15, 0.2) is 0 Å². The second-order valence-electron chi connectivity index (χ2n) is 5.90. The molecule has 0 aliphatic carbocycles. The second-order valence-corrected chi connectivity index (χ2v) is 6.27. The van der Waals surface area contributed by atoms with E-state index in [1.165, 1.54) is 5.56 Å². The van der Waals surface area contributed by atoms with Gasteiger partial charge in [0, 0.05) is 19.3 Å². The molecule has 1 heterocycles. The molecule has 3 rings (SSSR count). The van der Waals surface area contributed by atoms with Crippen LogP contribution in [0.2, 0.25) is 0 Å². The molecule has 6 heteroatoms. The lowest BCUT2D eigenvalue weighted by Crippen LogP contribution is -2.49. The standard InChI is InChI=1S/C19H21N3O2S/c1-20-19(25)24-13-17-11-14-7-5-6-8-15(14)12-22(17)18(23)21-16-9-3-2-4-10-16/h2-10,17H,11-13H2,1H3,(H,20,25)(H,21,23). The molecular weight excluding hydrogens is 334 g/mol. The molecule has 0 aromatic heterocycles. The Bertz CT molecular complexity index is 751. The van der Waals surface area contributed by atoms with E-state index in [-0.39, 0.29) is 12.1 Å². The first kappa shape index (κ1) is 17.2. The van der Waals surface area contributed by atoms with Crippen molar-refractivity contribution in [1.29, 1.82) is 0 Å². The van der Waals surface area contributed by atoms with E-state index in [1.54, 1.807) is 7.05 Å². The number of urea groups is 1. The van der Waals surface area contributed by atoms with Crippen LogP contribution in [0.1, 0.15) is 11.1 Å². The number of nitrogens with zero attached hydrogens (tertiary/aromatic N) is 1. The fourth-order valence-electron chi connectivity index (χ4n) is 2.93. The first-order valence-electron chi connectivity index (χ1n) is 8.21. The van der Waals surface area contributed by atoms with Gasteiger partial charge in [-0.3, -0.25) is 0 Å². The Morgan fingerprint density at radius 3 is 2.56 bits per heavy atom. The molecule has 0 spiro atoms. The Morgan fingerprint density at radius 1 is 1.16 bits per heavy atom. The molecule has 1 unspecified atom stereocenters. The largest absolute Gasteiger partial charge is 0.469 e. The number of para-hydroxylation sites is 1. The molecule has 2 amide bonds. The van der Waals surface area contributed by atoms with Gasteiger partial charge in [-0.2, -0.15) is 0 Å². The predicted octanol–water partition coefficient (Wildman–Crippen LogP) is 3.17. The van der Waals surface area contributed by atoms with Crippen LogP contribution in [0.4, 0.5) is 10.5 Å². The highest BCUT2D eigenvalue weighted by atomic mass is 32.1. The third-order valence-corrected chi connectivity index (χ3v) is 4.57. The average Bonchev–Trinajstić information content (AvgIpc) is 2.66. The summed E-state index contributed by atoms with van der Waals surface area (Å²) in [5.74, 6) is 0. The lowest BCUT2D eigenvalue weighted by atomic mass is 9.94. The number of thiocarbonyl (C=S) groups is 1. The van der Waals surface area contributed by atoms with Gasteiger partial charge in [-0.15, -0.1) is 0 Å². The highest BCUT2D eigenvalue weighted by molar-refractivity contribution is 7.80. The number of nitrogens with one attached hydrogen (secondary N) is 2. The molecule has 25 heavy (non-hydrogen) atoms. The smallest absolute Gasteiger partial charge is 0.322 e. The quantitative estimate of drug-likeness (QED) is 0.831. The maximum atomic E-state index is 12.8. The van der Waals surface area contributed by atoms with E-state index in [2.05, 4.69) is 22.8 Å². The molecule has 0 fully saturated rings. The third kappa shape index (κ3) is 4.28. The van der Waals surface area contributed by atoms with Crippen LogP contribution in [-0.4, -0.2) is 35.8 Å². The summed E-state index contributed by atoms with van der Waals surface area (Å²) in [5.41, 5.74) is 3.19. The van der Waals surface area contributed by atoms with Crippen molar-refractivity contribution in [3.63, 3.8) is 0 Å². The number of benzene rings is 2. The number of fused-ring (bicyclic) bond motifs is 1. The van der Waals surface area contributed by atoms with Crippen LogP contribution >= 0.6 is 12.2 Å². The van der Waals surface area contributed by atoms with Crippen molar-refractivity contribution in [2.45, 2.75) is 19.0 Å². The SMILES string of the molecule is CNC(=S)OCC1Cc2ccccc2CN1C(=O)Nc1ccccc1. The Hall–Kier alpha value is -2.60. The van der Waals surface area contributed by atoms with E-state index in [0.29, 0.717) is 18.3 Å². The van der Waals surface area contributed by atoms with Gasteiger partial charge >= 0.3 is 6.03 Å². The van der Waals surface area contributed by atoms with Crippen LogP contribution in [0, 0.1) is 0 Å². The van der Waals surface area contributed by atoms with Crippen LogP contribution in [0.3, 0.4) is 0 Å². The fraction of sp³-hybridized carbons (Fsp3) is 0.263. The maximum Gasteiger partial charge on any atom is 0.322 e. The zero-order valence-corrected chi connectivity index (χ0v) is 14.9. The molecule has 1 aliphatic rings. The Labute approximate surface area is 153 Å². The van der Waals surface area contributed by atoms with Crippen molar-refractivity contribution in [3.05, 3.63) is 65.7 Å². The highest BCUT2D eigenvalue weighted by Crippen LogP contribution is 2.24. The second kappa shape index (κ2) is 7.98. The summed E-state index contributed by atoms with van der Waals surface area (Å²) in [5, 5.41) is 6.09. The Kier molecular flexibility index (Phi) is 5.50. The van der Waals surface area contributed by atoms with E-state index >= 15 is 0 Å². The molecule has 5 nitrogen and oxygen atoms in total. The van der Waals surface area contributed by atoms with Gasteiger partial charge in [0.05, 0.1) is 6.04 Å². The third-order valence-electron chi connectivity index (χ3n) is 4.25. The zero-order valence-electron chi connectivity index (χ0n) is 14.1. The monoisotopic (exact) mass is 355 g/mol. The molecule has 2 N–H and O–H groups in total. The number of ether oxygens (including phenoxy) is 1. The summed E-state index contributed by atoms with van der Waals surface area (Å²) in [4.78, 5) is 14.6. The number of amides is 2. The van der Waals surface area contributed by atoms with Crippen LogP contribution in [0.15, 0.2) is 54.6 Å². The van der Waals surface area contributed by atoms with Crippen molar-refractivity contribution in [1.82, 2.24) is 10.2 Å². The minimum absolute atomic E-state index is 0.0788. The van der Waals surface area contributed by atoms with E-state index < -0.39 is 0 Å². The summed E-state index contributed by atoms with van der Waals surface area (Å²) in [7, 11) is 1.72. The van der Waals surface area contributed by atoms with Crippen molar-refractivity contribution in [3.8, 4) is 0 Å². The van der Waals surface area contributed by atoms with Crippen LogP contribution in [0.25, 0.3) is 0 Å². The predicted molar refractivity (Wildman–Crippen MR) is 103 cm³/mol. The Balaban J connectivity index is 1.77. The maximum absolute atomic E-state index is 12.8. The number of rotatable bonds is 3. The summed E-state index contributed by atoms with van der Waals surface area (Å²) in [6.07, 6.45) is 0.741. The zero-order chi connectivity index (χ0) is 17.6. The summed E-state index contributed by atoms with van der Waals surface area (Å²) < 4.78 is 5.57. The number of carbonyl (C=O) groups is 1. The van der Waals surface area contributed by atoms with Crippen molar-refractivity contribution >= 4 is 29.1 Å². The van der Waals surface area contributed by atoms with Gasteiger partial charge in [-0.25, -0.2) is 4.79 Å². The van der Waals surface area contributed by atoms with E-state index in [4.69, 9.17) is 17.0 Å². The van der Waals surface area contributed by atoms with Gasteiger partial charge < -0.3 is 20.3 Å². The Morgan fingerprint density at radius 2 is 1.84 bits per heavy atom. The lowest BCUT2D eigenvalue weighted by molar-refractivity contribution is 0.134. The van der Waals surface area contributed by atoms with Gasteiger partial charge in [0.1, 0.15) is 6.61 Å². The lowest BCUT2D eigenvalue weighted by Gasteiger charge is -2.36. The van der Waals surface area contributed by atoms with Crippen molar-refractivity contribution in [2.24, 2.45) is 0 Å². The fourth-order valence-corrected chi connectivity index (χ4v) is 3.00. The van der Waals surface area contributed by atoms with Crippen LogP contribution in [0.5, 0.6) is 0 Å². The minimum atomic E-state index is -0.135. The number of carbonyl (C=O) groups excluding carboxylic acids is 1. The first-order valence-corrected chi connectivity index (χ1v) is 8.62. The molecule has 0 bridgehead atoms. The summed E-state index contributed by atoms with van der Waals surface area (Å²) >= 11 is 5.06. The van der Waals surface area contributed by atoms with Gasteiger partial charge in [0.2, 0.25) is 0 Å². The van der Waals surface area contributed by atoms with E-state index in [1.807, 2.05) is 47.4 Å². The molecule has 0 saturated carbocycles.